The molecule has 1 amide bonds. The van der Waals surface area contributed by atoms with Crippen molar-refractivity contribution in [2.75, 3.05) is 19.8 Å². The van der Waals surface area contributed by atoms with Gasteiger partial charge in [-0.3, -0.25) is 9.59 Å². The number of nitrogens with one attached hydrogen (secondary N) is 1. The second-order valence-corrected chi connectivity index (χ2v) is 6.20. The highest BCUT2D eigenvalue weighted by Crippen LogP contribution is 2.21. The maximum Gasteiger partial charge on any atom is 0.282 e. The lowest BCUT2D eigenvalue weighted by atomic mass is 10.1. The van der Waals surface area contributed by atoms with E-state index in [9.17, 15) is 9.59 Å². The average Bonchev–Trinajstić information content (AvgIpc) is 3.03. The van der Waals surface area contributed by atoms with E-state index in [4.69, 9.17) is 9.47 Å². The molecule has 0 atom stereocenters. The first kappa shape index (κ1) is 19.8. The van der Waals surface area contributed by atoms with Gasteiger partial charge < -0.3 is 19.4 Å². The summed E-state index contributed by atoms with van der Waals surface area (Å²) < 4.78 is 13.9. The van der Waals surface area contributed by atoms with Gasteiger partial charge >= 0.3 is 0 Å². The van der Waals surface area contributed by atoms with E-state index in [2.05, 4.69) is 10.4 Å². The van der Waals surface area contributed by atoms with Gasteiger partial charge in [-0.05, 0) is 26.0 Å². The Morgan fingerprint density at radius 1 is 1.14 bits per heavy atom. The zero-order valence-corrected chi connectivity index (χ0v) is 16.2. The Bertz CT molecular complexity index is 958. The second-order valence-electron chi connectivity index (χ2n) is 6.20. The molecule has 0 aromatic heterocycles. The maximum absolute atomic E-state index is 12.8. The van der Waals surface area contributed by atoms with Crippen molar-refractivity contribution in [2.24, 2.45) is 7.05 Å². The molecular weight excluding hydrogens is 360 g/mol. The number of hydrogen-bond acceptors (Lipinski definition) is 5. The van der Waals surface area contributed by atoms with Crippen LogP contribution in [0.1, 0.15) is 24.2 Å². The van der Waals surface area contributed by atoms with Gasteiger partial charge in [0.25, 0.3) is 11.5 Å². The van der Waals surface area contributed by atoms with Crippen LogP contribution in [0, 0.1) is 0 Å². The standard InChI is InChI=1S/C20H24N4O4/c1-4-27-17(28-5-2)11-21-19(25)15-12-23(3)13-16-18(15)22-24(20(16)26)14-9-7-6-8-10-14/h6-10,12-13,17H,4-5,11H2,1-3H3,(H,21,25). The van der Waals surface area contributed by atoms with Crippen molar-refractivity contribution < 1.29 is 14.3 Å². The van der Waals surface area contributed by atoms with Crippen molar-refractivity contribution in [3.05, 3.63) is 58.6 Å². The first-order chi connectivity index (χ1) is 13.5. The Kier molecular flexibility index (Phi) is 6.23. The Labute approximate surface area is 163 Å². The Balaban J connectivity index is 1.93. The number of aromatic nitrogens is 3. The molecule has 148 valence electrons. The predicted octanol–water partition coefficient (Wildman–Crippen LogP) is 1.80. The summed E-state index contributed by atoms with van der Waals surface area (Å²) in [5, 5.41) is 7.21. The van der Waals surface area contributed by atoms with Crippen LogP contribution in [0.5, 0.6) is 0 Å². The van der Waals surface area contributed by atoms with Crippen molar-refractivity contribution in [3.63, 3.8) is 0 Å². The summed E-state index contributed by atoms with van der Waals surface area (Å²) in [6.45, 7) is 4.88. The second kappa shape index (κ2) is 8.81. The van der Waals surface area contributed by atoms with Crippen molar-refractivity contribution in [2.45, 2.75) is 20.1 Å². The predicted molar refractivity (Wildman–Crippen MR) is 105 cm³/mol. The third-order valence-corrected chi connectivity index (χ3v) is 4.18. The van der Waals surface area contributed by atoms with Crippen LogP contribution in [0.4, 0.5) is 0 Å². The van der Waals surface area contributed by atoms with Crippen LogP contribution < -0.4 is 10.9 Å². The highest BCUT2D eigenvalue weighted by Gasteiger charge is 2.24. The molecule has 0 bridgehead atoms. The van der Waals surface area contributed by atoms with Gasteiger partial charge in [0.2, 0.25) is 0 Å². The molecule has 1 aromatic rings. The third-order valence-electron chi connectivity index (χ3n) is 4.18. The molecule has 2 heterocycles. The molecule has 0 spiro atoms. The van der Waals surface area contributed by atoms with Gasteiger partial charge in [0, 0.05) is 32.7 Å². The minimum absolute atomic E-state index is 0.199. The minimum Gasteiger partial charge on any atom is -0.356 e. The monoisotopic (exact) mass is 384 g/mol. The fourth-order valence-corrected chi connectivity index (χ4v) is 2.96. The fraction of sp³-hybridized carbons (Fsp3) is 0.350. The normalized spacial score (nSPS) is 11.3. The number of aryl methyl sites for hydroxylation is 1. The van der Waals surface area contributed by atoms with Crippen molar-refractivity contribution in [1.82, 2.24) is 19.7 Å². The first-order valence-corrected chi connectivity index (χ1v) is 9.21. The highest BCUT2D eigenvalue weighted by molar-refractivity contribution is 5.99. The molecule has 0 saturated heterocycles. The molecule has 3 rings (SSSR count). The van der Waals surface area contributed by atoms with Gasteiger partial charge in [-0.1, -0.05) is 18.2 Å². The zero-order chi connectivity index (χ0) is 20.1. The van der Waals surface area contributed by atoms with Crippen LogP contribution in [-0.2, 0) is 16.5 Å². The maximum atomic E-state index is 12.8. The third kappa shape index (κ3) is 4.13. The van der Waals surface area contributed by atoms with E-state index in [1.807, 2.05) is 32.0 Å². The van der Waals surface area contributed by atoms with Crippen LogP contribution in [-0.4, -0.2) is 46.3 Å². The van der Waals surface area contributed by atoms with Crippen LogP contribution >= 0.6 is 0 Å². The van der Waals surface area contributed by atoms with Gasteiger partial charge in [-0.25, -0.2) is 0 Å². The Morgan fingerprint density at radius 2 is 1.82 bits per heavy atom. The van der Waals surface area contributed by atoms with Crippen LogP contribution in [0.2, 0.25) is 0 Å². The lowest BCUT2D eigenvalue weighted by Gasteiger charge is -2.18. The number of carbonyl (C=O) groups is 1. The quantitative estimate of drug-likeness (QED) is 0.599. The van der Waals surface area contributed by atoms with Gasteiger partial charge in [0.1, 0.15) is 5.69 Å². The largest absolute Gasteiger partial charge is 0.356 e. The lowest BCUT2D eigenvalue weighted by molar-refractivity contribution is -0.131. The molecule has 2 aliphatic rings. The van der Waals surface area contributed by atoms with Crippen LogP contribution in [0.15, 0.2) is 47.5 Å². The number of hydrogen-bond donors (Lipinski definition) is 1. The molecule has 8 heteroatoms. The van der Waals surface area contributed by atoms with Crippen LogP contribution in [0.25, 0.3) is 16.9 Å². The summed E-state index contributed by atoms with van der Waals surface area (Å²) in [6, 6.07) is 9.11. The number of fused-ring (bicyclic) bond motifs is 1. The molecule has 0 aliphatic carbocycles. The Hall–Kier alpha value is -2.97. The van der Waals surface area contributed by atoms with Crippen LogP contribution in [0.3, 0.4) is 0 Å². The number of nitrogens with zero attached hydrogens (tertiary/aromatic N) is 3. The van der Waals surface area contributed by atoms with E-state index >= 15 is 0 Å². The number of amides is 1. The first-order valence-electron chi connectivity index (χ1n) is 9.21. The van der Waals surface area contributed by atoms with E-state index in [-0.39, 0.29) is 18.0 Å². The summed E-state index contributed by atoms with van der Waals surface area (Å²) >= 11 is 0. The number of rotatable bonds is 8. The molecule has 0 saturated carbocycles. The molecule has 28 heavy (non-hydrogen) atoms. The number of benzene rings is 1. The zero-order valence-electron chi connectivity index (χ0n) is 16.2. The molecular formula is C20H24N4O4. The number of ether oxygens (including phenoxy) is 2. The van der Waals surface area contributed by atoms with E-state index in [0.717, 1.165) is 0 Å². The summed E-state index contributed by atoms with van der Waals surface area (Å²) in [6.07, 6.45) is 2.80. The van der Waals surface area contributed by atoms with Gasteiger partial charge in [0.15, 0.2) is 6.29 Å². The van der Waals surface area contributed by atoms with Gasteiger partial charge in [0.05, 0.1) is 23.4 Å². The Morgan fingerprint density at radius 3 is 2.46 bits per heavy atom. The van der Waals surface area contributed by atoms with Crippen molar-refractivity contribution in [1.29, 1.82) is 0 Å². The topological polar surface area (TPSA) is 87.4 Å². The number of pyridine rings is 1. The van der Waals surface area contributed by atoms with E-state index in [1.54, 1.807) is 36.1 Å². The molecule has 0 fully saturated rings. The summed E-state index contributed by atoms with van der Waals surface area (Å²) in [7, 11) is 1.76. The fourth-order valence-electron chi connectivity index (χ4n) is 2.96. The summed E-state index contributed by atoms with van der Waals surface area (Å²) in [5.41, 5.74) is 1.43. The molecule has 2 aliphatic heterocycles. The molecule has 1 N–H and O–H groups in total. The summed E-state index contributed by atoms with van der Waals surface area (Å²) in [4.78, 5) is 25.6. The lowest BCUT2D eigenvalue weighted by Crippen LogP contribution is -2.36. The number of carbonyl (C=O) groups excluding carboxylic acids is 1. The van der Waals surface area contributed by atoms with Crippen molar-refractivity contribution in [3.8, 4) is 16.9 Å². The number of para-hydroxylation sites is 1. The van der Waals surface area contributed by atoms with Gasteiger partial charge in [-0.15, -0.1) is 0 Å². The molecule has 0 radical (unpaired) electrons. The van der Waals surface area contributed by atoms with Crippen molar-refractivity contribution >= 4 is 5.91 Å². The molecule has 8 nitrogen and oxygen atoms in total. The molecule has 0 unspecified atom stereocenters. The summed E-state index contributed by atoms with van der Waals surface area (Å²) in [5.74, 6) is -0.344. The van der Waals surface area contributed by atoms with E-state index < -0.39 is 6.29 Å². The minimum atomic E-state index is -0.524. The smallest absolute Gasteiger partial charge is 0.282 e. The average molecular weight is 384 g/mol. The highest BCUT2D eigenvalue weighted by atomic mass is 16.7. The van der Waals surface area contributed by atoms with E-state index in [0.29, 0.717) is 35.7 Å². The molecule has 1 aromatic carbocycles. The van der Waals surface area contributed by atoms with Gasteiger partial charge in [-0.2, -0.15) is 9.78 Å². The van der Waals surface area contributed by atoms with E-state index in [1.165, 1.54) is 4.68 Å². The SMILES string of the molecule is CCOC(CNC(=O)c1cn(C)cc2c(=O)n(-c3ccccc3)nc1-2)OCC.